The minimum absolute atomic E-state index is 0.107. The third-order valence-corrected chi connectivity index (χ3v) is 5.02. The Labute approximate surface area is 172 Å². The average Bonchev–Trinajstić information content (AvgIpc) is 3.22. The number of nitro groups is 1. The van der Waals surface area contributed by atoms with Crippen LogP contribution in [0.3, 0.4) is 0 Å². The van der Waals surface area contributed by atoms with Crippen LogP contribution in [0.1, 0.15) is 31.8 Å². The smallest absolute Gasteiger partial charge is 0.338 e. The molecule has 3 aromatic rings. The first-order chi connectivity index (χ1) is 14.5. The number of non-ortho nitro benzene ring substituents is 1. The summed E-state index contributed by atoms with van der Waals surface area (Å²) in [6.07, 6.45) is 0. The van der Waals surface area contributed by atoms with Gasteiger partial charge in [-0.1, -0.05) is 30.3 Å². The Morgan fingerprint density at radius 1 is 0.900 bits per heavy atom. The highest BCUT2D eigenvalue weighted by Gasteiger charge is 2.20. The van der Waals surface area contributed by atoms with Crippen LogP contribution in [0.25, 0.3) is 0 Å². The number of carbonyl (C=O) groups is 2. The molecule has 0 N–H and O–H groups in total. The van der Waals surface area contributed by atoms with E-state index in [2.05, 4.69) is 17.0 Å². The first-order valence-corrected chi connectivity index (χ1v) is 9.38. The standard InChI is InChI=1S/C23H18N2O5/c26-22(16-8-10-20(11-9-16)25(28)29)15-30-23(27)17-6-3-7-21(12-17)24-13-18-4-1-2-5-19(18)14-24/h1-12H,13-15H2. The molecule has 0 amide bonds. The molecule has 150 valence electrons. The Bertz CT molecular complexity index is 1100. The van der Waals surface area contributed by atoms with Crippen LogP contribution in [0.2, 0.25) is 0 Å². The molecule has 0 fully saturated rings. The minimum Gasteiger partial charge on any atom is -0.454 e. The molecule has 0 bridgehead atoms. The van der Waals surface area contributed by atoms with Gasteiger partial charge in [-0.2, -0.15) is 0 Å². The molecule has 7 nitrogen and oxygen atoms in total. The number of ether oxygens (including phenoxy) is 1. The highest BCUT2D eigenvalue weighted by atomic mass is 16.6. The summed E-state index contributed by atoms with van der Waals surface area (Å²) in [5.41, 5.74) is 3.93. The van der Waals surface area contributed by atoms with Gasteiger partial charge in [-0.25, -0.2) is 4.79 Å². The molecule has 0 radical (unpaired) electrons. The number of fused-ring (bicyclic) bond motifs is 1. The van der Waals surface area contributed by atoms with Gasteiger partial charge in [0.25, 0.3) is 5.69 Å². The first kappa shape index (κ1) is 19.3. The average molecular weight is 402 g/mol. The second-order valence-corrected chi connectivity index (χ2v) is 6.98. The third kappa shape index (κ3) is 4.05. The molecule has 3 aromatic carbocycles. The van der Waals surface area contributed by atoms with Crippen molar-refractivity contribution in [1.29, 1.82) is 0 Å². The van der Waals surface area contributed by atoms with Crippen molar-refractivity contribution in [2.24, 2.45) is 0 Å². The first-order valence-electron chi connectivity index (χ1n) is 9.38. The molecule has 30 heavy (non-hydrogen) atoms. The van der Waals surface area contributed by atoms with Gasteiger partial charge in [-0.3, -0.25) is 14.9 Å². The van der Waals surface area contributed by atoms with E-state index in [1.165, 1.54) is 35.4 Å². The van der Waals surface area contributed by atoms with Crippen molar-refractivity contribution in [3.8, 4) is 0 Å². The molecule has 0 saturated heterocycles. The third-order valence-electron chi connectivity index (χ3n) is 5.02. The zero-order chi connectivity index (χ0) is 21.1. The fraction of sp³-hybridized carbons (Fsp3) is 0.130. The summed E-state index contributed by atoms with van der Waals surface area (Å²) in [5.74, 6) is -1.02. The van der Waals surface area contributed by atoms with Crippen molar-refractivity contribution in [2.45, 2.75) is 13.1 Å². The van der Waals surface area contributed by atoms with E-state index in [0.29, 0.717) is 5.56 Å². The van der Waals surface area contributed by atoms with E-state index in [1.807, 2.05) is 18.2 Å². The maximum absolute atomic E-state index is 12.4. The fourth-order valence-corrected chi connectivity index (χ4v) is 3.41. The second kappa shape index (κ2) is 8.16. The summed E-state index contributed by atoms with van der Waals surface area (Å²) in [4.78, 5) is 37.0. The molecule has 0 atom stereocenters. The molecular weight excluding hydrogens is 384 g/mol. The fourth-order valence-electron chi connectivity index (χ4n) is 3.41. The summed E-state index contributed by atoms with van der Waals surface area (Å²) in [7, 11) is 0. The Hall–Kier alpha value is -4.00. The normalized spacial score (nSPS) is 12.3. The van der Waals surface area contributed by atoms with Crippen LogP contribution in [0.15, 0.2) is 72.8 Å². The molecule has 7 heteroatoms. The monoisotopic (exact) mass is 402 g/mol. The lowest BCUT2D eigenvalue weighted by molar-refractivity contribution is -0.384. The molecule has 0 aromatic heterocycles. The molecule has 1 heterocycles. The number of hydrogen-bond acceptors (Lipinski definition) is 6. The number of esters is 1. The maximum Gasteiger partial charge on any atom is 0.338 e. The van der Waals surface area contributed by atoms with Gasteiger partial charge < -0.3 is 9.64 Å². The van der Waals surface area contributed by atoms with Crippen LogP contribution in [-0.4, -0.2) is 23.3 Å². The number of rotatable bonds is 6. The maximum atomic E-state index is 12.4. The van der Waals surface area contributed by atoms with Crippen molar-refractivity contribution in [3.63, 3.8) is 0 Å². The van der Waals surface area contributed by atoms with E-state index >= 15 is 0 Å². The molecule has 0 saturated carbocycles. The zero-order valence-corrected chi connectivity index (χ0v) is 16.0. The van der Waals surface area contributed by atoms with Gasteiger partial charge in [0.1, 0.15) is 0 Å². The highest BCUT2D eigenvalue weighted by molar-refractivity contribution is 5.99. The Kier molecular flexibility index (Phi) is 5.26. The van der Waals surface area contributed by atoms with E-state index in [4.69, 9.17) is 4.74 Å². The van der Waals surface area contributed by atoms with Gasteiger partial charge in [0.2, 0.25) is 0 Å². The molecule has 0 aliphatic carbocycles. The summed E-state index contributed by atoms with van der Waals surface area (Å²) in [6, 6.07) is 20.5. The van der Waals surface area contributed by atoms with Gasteiger partial charge in [-0.15, -0.1) is 0 Å². The Morgan fingerprint density at radius 2 is 1.57 bits per heavy atom. The van der Waals surface area contributed by atoms with Crippen molar-refractivity contribution in [2.75, 3.05) is 11.5 Å². The van der Waals surface area contributed by atoms with Gasteiger partial charge >= 0.3 is 5.97 Å². The van der Waals surface area contributed by atoms with Crippen LogP contribution in [0.5, 0.6) is 0 Å². The van der Waals surface area contributed by atoms with Gasteiger partial charge in [0.05, 0.1) is 10.5 Å². The van der Waals surface area contributed by atoms with E-state index < -0.39 is 23.3 Å². The lowest BCUT2D eigenvalue weighted by atomic mass is 10.1. The predicted molar refractivity (Wildman–Crippen MR) is 110 cm³/mol. The number of anilines is 1. The molecule has 1 aliphatic rings. The SMILES string of the molecule is O=C(COC(=O)c1cccc(N2Cc3ccccc3C2)c1)c1ccc([N+](=O)[O-])cc1. The lowest BCUT2D eigenvalue weighted by Gasteiger charge is -2.18. The number of carbonyl (C=O) groups excluding carboxylic acids is 2. The Morgan fingerprint density at radius 3 is 2.20 bits per heavy atom. The van der Waals surface area contributed by atoms with Crippen LogP contribution >= 0.6 is 0 Å². The molecular formula is C23H18N2O5. The Balaban J connectivity index is 1.39. The van der Waals surface area contributed by atoms with Crippen molar-refractivity contribution >= 4 is 23.1 Å². The quantitative estimate of drug-likeness (QED) is 0.266. The highest BCUT2D eigenvalue weighted by Crippen LogP contribution is 2.28. The topological polar surface area (TPSA) is 89.8 Å². The molecule has 4 rings (SSSR count). The van der Waals surface area contributed by atoms with Crippen molar-refractivity contribution in [3.05, 3.63) is 105 Å². The zero-order valence-electron chi connectivity index (χ0n) is 16.0. The van der Waals surface area contributed by atoms with Crippen molar-refractivity contribution < 1.29 is 19.2 Å². The van der Waals surface area contributed by atoms with E-state index in [9.17, 15) is 19.7 Å². The van der Waals surface area contributed by atoms with E-state index in [-0.39, 0.29) is 11.3 Å². The lowest BCUT2D eigenvalue weighted by Crippen LogP contribution is -2.17. The van der Waals surface area contributed by atoms with E-state index in [0.717, 1.165) is 18.8 Å². The summed E-state index contributed by atoms with van der Waals surface area (Å²) < 4.78 is 5.16. The summed E-state index contributed by atoms with van der Waals surface area (Å²) in [5, 5.41) is 10.7. The van der Waals surface area contributed by atoms with Gasteiger partial charge in [0, 0.05) is 36.5 Å². The predicted octanol–water partition coefficient (Wildman–Crippen LogP) is 4.15. The second-order valence-electron chi connectivity index (χ2n) is 6.98. The number of ketones is 1. The summed E-state index contributed by atoms with van der Waals surface area (Å²) in [6.45, 7) is 1.11. The number of nitrogens with zero attached hydrogens (tertiary/aromatic N) is 2. The molecule has 0 unspecified atom stereocenters. The number of nitro benzene ring substituents is 1. The van der Waals surface area contributed by atoms with Crippen LogP contribution in [-0.2, 0) is 17.8 Å². The minimum atomic E-state index is -0.594. The van der Waals surface area contributed by atoms with Crippen LogP contribution in [0, 0.1) is 10.1 Å². The largest absolute Gasteiger partial charge is 0.454 e. The van der Waals surface area contributed by atoms with Gasteiger partial charge in [0.15, 0.2) is 12.4 Å². The summed E-state index contributed by atoms with van der Waals surface area (Å²) >= 11 is 0. The number of Topliss-reactive ketones (excluding diaryl/α,β-unsaturated/α-hetero) is 1. The number of hydrogen-bond donors (Lipinski definition) is 0. The number of benzene rings is 3. The van der Waals surface area contributed by atoms with Crippen LogP contribution in [0.4, 0.5) is 11.4 Å². The molecule has 1 aliphatic heterocycles. The van der Waals surface area contributed by atoms with Crippen molar-refractivity contribution in [1.82, 2.24) is 0 Å². The van der Waals surface area contributed by atoms with Crippen LogP contribution < -0.4 is 4.90 Å². The molecule has 0 spiro atoms. The van der Waals surface area contributed by atoms with E-state index in [1.54, 1.807) is 18.2 Å². The van der Waals surface area contributed by atoms with Gasteiger partial charge in [-0.05, 0) is 41.5 Å².